The molecular formula is C13H16N2O7S2. The first-order chi connectivity index (χ1) is 11.1. The van der Waals surface area contributed by atoms with Gasteiger partial charge in [0.2, 0.25) is 26.0 Å². The van der Waals surface area contributed by atoms with Crippen LogP contribution in [0.5, 0.6) is 0 Å². The number of anilines is 1. The third-order valence-electron chi connectivity index (χ3n) is 3.40. The molecule has 0 unspecified atom stereocenters. The minimum absolute atomic E-state index is 0.0851. The van der Waals surface area contributed by atoms with E-state index in [1.54, 1.807) is 0 Å². The van der Waals surface area contributed by atoms with Crippen molar-refractivity contribution in [1.82, 2.24) is 4.72 Å². The van der Waals surface area contributed by atoms with Crippen molar-refractivity contribution in [3.8, 4) is 0 Å². The van der Waals surface area contributed by atoms with Crippen LogP contribution in [0.25, 0.3) is 0 Å². The van der Waals surface area contributed by atoms with Gasteiger partial charge in [-0.15, -0.1) is 0 Å². The molecule has 1 aromatic carbocycles. The summed E-state index contributed by atoms with van der Waals surface area (Å²) in [6, 6.07) is 3.72. The number of methoxy groups -OCH3 is 1. The molecule has 1 aliphatic rings. The number of hydrogen-bond donors (Lipinski definition) is 1. The topological polar surface area (TPSA) is 127 Å². The van der Waals surface area contributed by atoms with E-state index in [1.165, 1.54) is 25.1 Å². The fraction of sp³-hybridized carbons (Fsp3) is 0.385. The Hall–Kier alpha value is -1.98. The molecule has 2 rings (SSSR count). The Morgan fingerprint density at radius 1 is 1.38 bits per heavy atom. The number of esters is 1. The van der Waals surface area contributed by atoms with Crippen molar-refractivity contribution in [1.29, 1.82) is 0 Å². The van der Waals surface area contributed by atoms with Crippen molar-refractivity contribution >= 4 is 37.6 Å². The Morgan fingerprint density at radius 2 is 2.04 bits per heavy atom. The molecule has 132 valence electrons. The molecule has 1 heterocycles. The van der Waals surface area contributed by atoms with Gasteiger partial charge in [-0.2, -0.15) is 4.72 Å². The Bertz CT molecular complexity index is 891. The van der Waals surface area contributed by atoms with E-state index in [-0.39, 0.29) is 28.3 Å². The maximum atomic E-state index is 12.2. The first-order valence-electron chi connectivity index (χ1n) is 6.81. The lowest BCUT2D eigenvalue weighted by molar-refractivity contribution is -0.139. The zero-order chi connectivity index (χ0) is 18.1. The number of benzene rings is 1. The number of hydrogen-bond acceptors (Lipinski definition) is 7. The van der Waals surface area contributed by atoms with Gasteiger partial charge in [0.25, 0.3) is 0 Å². The molecule has 0 spiro atoms. The maximum Gasteiger partial charge on any atom is 0.320 e. The molecule has 0 aliphatic carbocycles. The number of carbonyl (C=O) groups excluding carboxylic acids is 2. The molecule has 0 aromatic heterocycles. The smallest absolute Gasteiger partial charge is 0.320 e. The van der Waals surface area contributed by atoms with Gasteiger partial charge in [-0.1, -0.05) is 0 Å². The lowest BCUT2D eigenvalue weighted by Crippen LogP contribution is -2.31. The van der Waals surface area contributed by atoms with Crippen molar-refractivity contribution in [2.45, 2.75) is 18.2 Å². The van der Waals surface area contributed by atoms with Gasteiger partial charge in [0.1, 0.15) is 6.54 Å². The number of sulfonamides is 2. The van der Waals surface area contributed by atoms with Gasteiger partial charge in [-0.05, 0) is 30.7 Å². The highest BCUT2D eigenvalue weighted by atomic mass is 32.2. The minimum Gasteiger partial charge on any atom is -0.468 e. The molecule has 11 heteroatoms. The number of aryl methyl sites for hydroxylation is 1. The largest absolute Gasteiger partial charge is 0.468 e. The van der Waals surface area contributed by atoms with Crippen LogP contribution in [0.1, 0.15) is 12.0 Å². The number of rotatable bonds is 5. The second-order valence-electron chi connectivity index (χ2n) is 5.07. The van der Waals surface area contributed by atoms with Crippen molar-refractivity contribution in [2.24, 2.45) is 0 Å². The first kappa shape index (κ1) is 18.4. The average Bonchev–Trinajstić information content (AvgIpc) is 2.77. The first-order valence-corrected chi connectivity index (χ1v) is 9.91. The fourth-order valence-electron chi connectivity index (χ4n) is 2.23. The molecule has 0 bridgehead atoms. The molecule has 1 amide bonds. The number of nitrogens with zero attached hydrogens (tertiary/aromatic N) is 1. The highest BCUT2D eigenvalue weighted by molar-refractivity contribution is 7.94. The number of carbonyl (C=O) groups is 2. The second kappa shape index (κ2) is 6.49. The van der Waals surface area contributed by atoms with Crippen molar-refractivity contribution in [2.75, 3.05) is 23.7 Å². The van der Waals surface area contributed by atoms with Gasteiger partial charge in [-0.3, -0.25) is 9.59 Å². The van der Waals surface area contributed by atoms with Gasteiger partial charge in [0.05, 0.1) is 23.4 Å². The van der Waals surface area contributed by atoms with E-state index in [0.717, 1.165) is 7.11 Å². The Morgan fingerprint density at radius 3 is 2.54 bits per heavy atom. The highest BCUT2D eigenvalue weighted by Gasteiger charge is 2.36. The predicted molar refractivity (Wildman–Crippen MR) is 84.3 cm³/mol. The van der Waals surface area contributed by atoms with E-state index in [1.807, 2.05) is 0 Å². The van der Waals surface area contributed by atoms with E-state index < -0.39 is 38.5 Å². The van der Waals surface area contributed by atoms with Crippen LogP contribution in [0, 0.1) is 6.92 Å². The van der Waals surface area contributed by atoms with Crippen LogP contribution in [0.3, 0.4) is 0 Å². The zero-order valence-corrected chi connectivity index (χ0v) is 14.6. The summed E-state index contributed by atoms with van der Waals surface area (Å²) in [6.07, 6.45) is -0.109. The molecule has 1 aromatic rings. The average molecular weight is 376 g/mol. The molecule has 9 nitrogen and oxygen atoms in total. The summed E-state index contributed by atoms with van der Waals surface area (Å²) >= 11 is 0. The third kappa shape index (κ3) is 3.57. The second-order valence-corrected chi connectivity index (χ2v) is 8.75. The quantitative estimate of drug-likeness (QED) is 0.687. The normalized spacial score (nSPS) is 17.1. The summed E-state index contributed by atoms with van der Waals surface area (Å²) in [6.45, 7) is 0.933. The van der Waals surface area contributed by atoms with Gasteiger partial charge in [-0.25, -0.2) is 21.1 Å². The van der Waals surface area contributed by atoms with Crippen LogP contribution in [-0.2, 0) is 34.4 Å². The minimum atomic E-state index is -3.98. The molecule has 0 saturated carbocycles. The lowest BCUT2D eigenvalue weighted by Gasteiger charge is -2.17. The summed E-state index contributed by atoms with van der Waals surface area (Å²) in [5.74, 6) is -1.58. The Labute approximate surface area is 139 Å². The molecule has 24 heavy (non-hydrogen) atoms. The van der Waals surface area contributed by atoms with Crippen LogP contribution in [0.15, 0.2) is 23.1 Å². The predicted octanol–water partition coefficient (Wildman–Crippen LogP) is -0.487. The van der Waals surface area contributed by atoms with E-state index in [4.69, 9.17) is 0 Å². The SMILES string of the molecule is COC(=O)CNS(=O)(=O)c1ccc(N2C(=O)CCS2(=O)=O)cc1C. The zero-order valence-electron chi connectivity index (χ0n) is 13.0. The summed E-state index contributed by atoms with van der Waals surface area (Å²) in [5, 5.41) is 0. The van der Waals surface area contributed by atoms with Crippen LogP contribution < -0.4 is 9.03 Å². The standard InChI is InChI=1S/C13H16N2O7S2/c1-9-7-10(15-12(16)5-6-23(15,18)19)3-4-11(9)24(20,21)14-8-13(17)22-2/h3-4,7,14H,5-6,8H2,1-2H3. The van der Waals surface area contributed by atoms with Gasteiger partial charge in [0.15, 0.2) is 0 Å². The summed E-state index contributed by atoms with van der Waals surface area (Å²) < 4.78 is 55.3. The number of ether oxygens (including phenoxy) is 1. The van der Waals surface area contributed by atoms with Crippen LogP contribution >= 0.6 is 0 Å². The fourth-order valence-corrected chi connectivity index (χ4v) is 4.88. The number of amides is 1. The van der Waals surface area contributed by atoms with E-state index in [0.29, 0.717) is 4.31 Å². The van der Waals surface area contributed by atoms with Crippen LogP contribution in [0.4, 0.5) is 5.69 Å². The molecule has 0 radical (unpaired) electrons. The van der Waals surface area contributed by atoms with E-state index in [9.17, 15) is 26.4 Å². The molecule has 1 aliphatic heterocycles. The molecular weight excluding hydrogens is 360 g/mol. The molecule has 1 N–H and O–H groups in total. The Kier molecular flexibility index (Phi) is 4.97. The lowest BCUT2D eigenvalue weighted by atomic mass is 10.2. The van der Waals surface area contributed by atoms with Gasteiger partial charge in [0, 0.05) is 6.42 Å². The number of nitrogens with one attached hydrogen (secondary N) is 1. The molecule has 1 fully saturated rings. The highest BCUT2D eigenvalue weighted by Crippen LogP contribution is 2.28. The summed E-state index contributed by atoms with van der Waals surface area (Å²) in [7, 11) is -6.57. The summed E-state index contributed by atoms with van der Waals surface area (Å²) in [4.78, 5) is 22.7. The third-order valence-corrected chi connectivity index (χ3v) is 6.65. The monoisotopic (exact) mass is 376 g/mol. The van der Waals surface area contributed by atoms with Gasteiger partial charge >= 0.3 is 5.97 Å². The Balaban J connectivity index is 2.34. The maximum absolute atomic E-state index is 12.2. The summed E-state index contributed by atoms with van der Waals surface area (Å²) in [5.41, 5.74) is 0.321. The van der Waals surface area contributed by atoms with E-state index in [2.05, 4.69) is 9.46 Å². The molecule has 1 saturated heterocycles. The van der Waals surface area contributed by atoms with Crippen LogP contribution in [-0.4, -0.2) is 48.1 Å². The van der Waals surface area contributed by atoms with Crippen molar-refractivity contribution in [3.63, 3.8) is 0 Å². The van der Waals surface area contributed by atoms with Gasteiger partial charge < -0.3 is 4.74 Å². The van der Waals surface area contributed by atoms with E-state index >= 15 is 0 Å². The van der Waals surface area contributed by atoms with Crippen LogP contribution in [0.2, 0.25) is 0 Å². The molecule has 0 atom stereocenters. The van der Waals surface area contributed by atoms with Crippen molar-refractivity contribution in [3.05, 3.63) is 23.8 Å². The van der Waals surface area contributed by atoms with Crippen molar-refractivity contribution < 1.29 is 31.2 Å².